The number of ether oxygens (including phenoxy) is 1. The summed E-state index contributed by atoms with van der Waals surface area (Å²) in [5.41, 5.74) is 0. The van der Waals surface area contributed by atoms with Gasteiger partial charge in [0, 0.05) is 6.61 Å². The Bertz CT molecular complexity index is 452. The molecule has 0 saturated carbocycles. The first-order chi connectivity index (χ1) is 13.2. The maximum Gasteiger partial charge on any atom is 0.329 e. The van der Waals surface area contributed by atoms with E-state index in [1.807, 2.05) is 18.2 Å². The third-order valence-corrected chi connectivity index (χ3v) is 3.81. The van der Waals surface area contributed by atoms with Crippen LogP contribution in [0.2, 0.25) is 0 Å². The van der Waals surface area contributed by atoms with Crippen LogP contribution in [0.5, 0.6) is 0 Å². The van der Waals surface area contributed by atoms with Crippen molar-refractivity contribution >= 4 is 5.97 Å². The van der Waals surface area contributed by atoms with Crippen molar-refractivity contribution in [3.63, 3.8) is 0 Å². The van der Waals surface area contributed by atoms with Gasteiger partial charge in [-0.25, -0.2) is 9.68 Å². The summed E-state index contributed by atoms with van der Waals surface area (Å²) in [5.74, 6) is -0.918. The zero-order chi connectivity index (χ0) is 20.0. The van der Waals surface area contributed by atoms with Gasteiger partial charge in [-0.2, -0.15) is 0 Å². The lowest BCUT2D eigenvalue weighted by Gasteiger charge is -2.07. The number of unbranched alkanes of at least 4 members (excludes halogenated alkanes) is 4. The Morgan fingerprint density at radius 1 is 0.963 bits per heavy atom. The summed E-state index contributed by atoms with van der Waals surface area (Å²) < 4.78 is 4.97. The van der Waals surface area contributed by atoms with Crippen molar-refractivity contribution in [1.82, 2.24) is 0 Å². The molecule has 27 heavy (non-hydrogen) atoms. The van der Waals surface area contributed by atoms with Gasteiger partial charge < -0.3 is 9.84 Å². The Morgan fingerprint density at radius 3 is 2.41 bits per heavy atom. The highest BCUT2D eigenvalue weighted by atomic mass is 17.1. The van der Waals surface area contributed by atoms with Crippen LogP contribution in [0.25, 0.3) is 0 Å². The standard InChI is InChI=1S/C22H36O5/c1-2-3-14-17-21(27-25)18-15-12-10-8-6-4-5-7-9-11-13-16-19-26-20-22(23)24/h4,6-7,9-10,12,15,18,21,25H,2-3,5,8,11,13-14,16-17,19-20H2,1H3,(H,23,24)/b6-4-,9-7-,12-10-,18-15+/t21-/m0/s1. The Labute approximate surface area is 164 Å². The molecule has 0 amide bonds. The molecule has 0 aliphatic rings. The zero-order valence-corrected chi connectivity index (χ0v) is 16.6. The lowest BCUT2D eigenvalue weighted by molar-refractivity contribution is -0.267. The molecule has 0 heterocycles. The third-order valence-electron chi connectivity index (χ3n) is 3.81. The molecule has 5 nitrogen and oxygen atoms in total. The van der Waals surface area contributed by atoms with E-state index in [1.54, 1.807) is 0 Å². The molecule has 0 aromatic rings. The van der Waals surface area contributed by atoms with Crippen LogP contribution in [0.1, 0.15) is 64.7 Å². The van der Waals surface area contributed by atoms with Crippen molar-refractivity contribution in [2.45, 2.75) is 70.8 Å². The summed E-state index contributed by atoms with van der Waals surface area (Å²) >= 11 is 0. The second-order valence-electron chi connectivity index (χ2n) is 6.31. The first kappa shape index (κ1) is 25.3. The second-order valence-corrected chi connectivity index (χ2v) is 6.31. The van der Waals surface area contributed by atoms with Crippen molar-refractivity contribution in [2.24, 2.45) is 0 Å². The van der Waals surface area contributed by atoms with Crippen molar-refractivity contribution in [3.05, 3.63) is 48.6 Å². The van der Waals surface area contributed by atoms with E-state index in [9.17, 15) is 4.79 Å². The molecule has 0 fully saturated rings. The van der Waals surface area contributed by atoms with Gasteiger partial charge in [0.2, 0.25) is 0 Å². The predicted octanol–water partition coefficient (Wildman–Crippen LogP) is 5.70. The van der Waals surface area contributed by atoms with Gasteiger partial charge in [-0.1, -0.05) is 74.8 Å². The smallest absolute Gasteiger partial charge is 0.329 e. The van der Waals surface area contributed by atoms with E-state index in [0.717, 1.165) is 57.8 Å². The van der Waals surface area contributed by atoms with Crippen LogP contribution in [0.4, 0.5) is 0 Å². The fraction of sp³-hybridized carbons (Fsp3) is 0.591. The van der Waals surface area contributed by atoms with Crippen LogP contribution >= 0.6 is 0 Å². The number of hydrogen-bond donors (Lipinski definition) is 2. The molecule has 1 atom stereocenters. The summed E-state index contributed by atoms with van der Waals surface area (Å²) in [6, 6.07) is 0. The number of carboxylic acids is 1. The van der Waals surface area contributed by atoms with Crippen LogP contribution in [0, 0.1) is 0 Å². The average Bonchev–Trinajstić information content (AvgIpc) is 2.66. The molecule has 0 rings (SSSR count). The molecular weight excluding hydrogens is 344 g/mol. The first-order valence-electron chi connectivity index (χ1n) is 9.93. The van der Waals surface area contributed by atoms with Gasteiger partial charge in [-0.15, -0.1) is 0 Å². The van der Waals surface area contributed by atoms with Crippen molar-refractivity contribution in [3.8, 4) is 0 Å². The molecule has 0 bridgehead atoms. The Balaban J connectivity index is 3.60. The Hall–Kier alpha value is -1.69. The van der Waals surface area contributed by atoms with E-state index in [0.29, 0.717) is 6.61 Å². The number of aliphatic carboxylic acids is 1. The van der Waals surface area contributed by atoms with Gasteiger partial charge in [0.15, 0.2) is 0 Å². The minimum Gasteiger partial charge on any atom is -0.480 e. The van der Waals surface area contributed by atoms with Gasteiger partial charge in [0.1, 0.15) is 12.7 Å². The fourth-order valence-corrected chi connectivity index (χ4v) is 2.31. The van der Waals surface area contributed by atoms with Crippen molar-refractivity contribution in [1.29, 1.82) is 0 Å². The minimum atomic E-state index is -0.918. The van der Waals surface area contributed by atoms with Crippen LogP contribution in [0.15, 0.2) is 48.6 Å². The molecule has 0 spiro atoms. The first-order valence-corrected chi connectivity index (χ1v) is 9.93. The predicted molar refractivity (Wildman–Crippen MR) is 110 cm³/mol. The van der Waals surface area contributed by atoms with Crippen LogP contribution in [0.3, 0.4) is 0 Å². The van der Waals surface area contributed by atoms with Crippen molar-refractivity contribution in [2.75, 3.05) is 13.2 Å². The normalized spacial score (nSPS) is 13.6. The molecule has 0 unspecified atom stereocenters. The SMILES string of the molecule is CCCCC[C@@H](/C=C/C=C\C/C=C\C/C=C\CCCCOCC(=O)O)OO. The molecule has 5 heteroatoms. The van der Waals surface area contributed by atoms with E-state index >= 15 is 0 Å². The molecule has 2 N–H and O–H groups in total. The Kier molecular flexibility index (Phi) is 19.3. The van der Waals surface area contributed by atoms with Crippen LogP contribution < -0.4 is 0 Å². The highest BCUT2D eigenvalue weighted by Gasteiger charge is 2.02. The maximum atomic E-state index is 10.3. The molecular formula is C22H36O5. The summed E-state index contributed by atoms with van der Waals surface area (Å²) in [7, 11) is 0. The lowest BCUT2D eigenvalue weighted by Crippen LogP contribution is -2.07. The molecule has 0 aromatic carbocycles. The molecule has 0 aliphatic carbocycles. The average molecular weight is 381 g/mol. The van der Waals surface area contributed by atoms with Gasteiger partial charge in [-0.05, 0) is 38.5 Å². The largest absolute Gasteiger partial charge is 0.480 e. The van der Waals surface area contributed by atoms with E-state index in [-0.39, 0.29) is 12.7 Å². The number of hydrogen-bond acceptors (Lipinski definition) is 4. The van der Waals surface area contributed by atoms with E-state index in [1.165, 1.54) is 0 Å². The molecule has 154 valence electrons. The second kappa shape index (κ2) is 20.6. The van der Waals surface area contributed by atoms with Gasteiger partial charge in [0.05, 0.1) is 0 Å². The Morgan fingerprint density at radius 2 is 1.70 bits per heavy atom. The number of carboxylic acid groups (broad SMARTS) is 1. The summed E-state index contributed by atoms with van der Waals surface area (Å²) in [5, 5.41) is 17.3. The number of rotatable bonds is 18. The number of allylic oxidation sites excluding steroid dienone is 7. The minimum absolute atomic E-state index is 0.209. The summed E-state index contributed by atoms with van der Waals surface area (Å²) in [4.78, 5) is 14.7. The van der Waals surface area contributed by atoms with Crippen molar-refractivity contribution < 1.29 is 24.8 Å². The highest BCUT2D eigenvalue weighted by molar-refractivity contribution is 5.67. The molecule has 0 saturated heterocycles. The fourth-order valence-electron chi connectivity index (χ4n) is 2.31. The highest BCUT2D eigenvalue weighted by Crippen LogP contribution is 2.07. The topological polar surface area (TPSA) is 76.0 Å². The van der Waals surface area contributed by atoms with Crippen LogP contribution in [-0.4, -0.2) is 35.7 Å². The van der Waals surface area contributed by atoms with Crippen LogP contribution in [-0.2, 0) is 14.4 Å². The quantitative estimate of drug-likeness (QED) is 0.105. The van der Waals surface area contributed by atoms with Gasteiger partial charge >= 0.3 is 5.97 Å². The molecule has 0 radical (unpaired) electrons. The lowest BCUT2D eigenvalue weighted by atomic mass is 10.1. The van der Waals surface area contributed by atoms with E-state index in [4.69, 9.17) is 15.1 Å². The molecule has 0 aliphatic heterocycles. The van der Waals surface area contributed by atoms with Gasteiger partial charge in [0.25, 0.3) is 0 Å². The monoisotopic (exact) mass is 380 g/mol. The third kappa shape index (κ3) is 20.5. The molecule has 0 aromatic heterocycles. The summed E-state index contributed by atoms with van der Waals surface area (Å²) in [6.45, 7) is 2.45. The maximum absolute atomic E-state index is 10.3. The zero-order valence-electron chi connectivity index (χ0n) is 16.6. The van der Waals surface area contributed by atoms with Gasteiger partial charge in [-0.3, -0.25) is 5.26 Å². The number of carbonyl (C=O) groups is 1. The summed E-state index contributed by atoms with van der Waals surface area (Å²) in [6.07, 6.45) is 25.0. The van der Waals surface area contributed by atoms with E-state index in [2.05, 4.69) is 42.2 Å². The van der Waals surface area contributed by atoms with E-state index < -0.39 is 5.97 Å².